The molecule has 0 N–H and O–H groups in total. The van der Waals surface area contributed by atoms with Gasteiger partial charge in [0.05, 0.1) is 43.5 Å². The van der Waals surface area contributed by atoms with Crippen molar-refractivity contribution >= 4 is 55.2 Å². The number of fused-ring (bicyclic) bond motifs is 1. The molecule has 4 rings (SSSR count). The van der Waals surface area contributed by atoms with Crippen LogP contribution in [0.5, 0.6) is 11.5 Å². The molecule has 0 unspecified atom stereocenters. The van der Waals surface area contributed by atoms with Gasteiger partial charge in [0.25, 0.3) is 5.56 Å². The number of thiazole rings is 1. The predicted molar refractivity (Wildman–Crippen MR) is 160 cm³/mol. The molecule has 2 aromatic carbocycles. The first kappa shape index (κ1) is 29.0. The van der Waals surface area contributed by atoms with Gasteiger partial charge in [-0.1, -0.05) is 36.1 Å². The Morgan fingerprint density at radius 1 is 1.21 bits per heavy atom. The molecule has 2 heterocycles. The Hall–Kier alpha value is -2.95. The largest absolute Gasteiger partial charge is 0.491 e. The number of rotatable bonds is 9. The molecule has 1 aliphatic rings. The van der Waals surface area contributed by atoms with Gasteiger partial charge in [0.2, 0.25) is 0 Å². The van der Waals surface area contributed by atoms with Crippen molar-refractivity contribution in [2.75, 3.05) is 13.2 Å². The third-order valence-corrected chi connectivity index (χ3v) is 7.91. The summed E-state index contributed by atoms with van der Waals surface area (Å²) in [6, 6.07) is 10.5. The average molecular weight is 676 g/mol. The van der Waals surface area contributed by atoms with Crippen LogP contribution < -0.4 is 24.4 Å². The zero-order chi connectivity index (χ0) is 28.3. The average Bonchev–Trinajstić information content (AvgIpc) is 3.17. The number of aromatic nitrogens is 1. The summed E-state index contributed by atoms with van der Waals surface area (Å²) in [4.78, 5) is 32.1. The molecular formula is C29H28Br2N2O5S. The van der Waals surface area contributed by atoms with Crippen LogP contribution in [0.1, 0.15) is 44.9 Å². The van der Waals surface area contributed by atoms with Gasteiger partial charge in [-0.3, -0.25) is 9.36 Å². The van der Waals surface area contributed by atoms with Crippen LogP contribution in [0.4, 0.5) is 0 Å². The van der Waals surface area contributed by atoms with E-state index in [-0.39, 0.29) is 18.3 Å². The number of allylic oxidation sites excluding steroid dienone is 1. The first-order chi connectivity index (χ1) is 18.6. The minimum Gasteiger partial charge on any atom is -0.491 e. The zero-order valence-electron chi connectivity index (χ0n) is 22.0. The Kier molecular flexibility index (Phi) is 9.30. The summed E-state index contributed by atoms with van der Waals surface area (Å²) in [7, 11) is 0. The molecular weight excluding hydrogens is 648 g/mol. The number of benzene rings is 2. The van der Waals surface area contributed by atoms with Gasteiger partial charge >= 0.3 is 5.97 Å². The number of ether oxygens (including phenoxy) is 3. The third kappa shape index (κ3) is 6.28. The van der Waals surface area contributed by atoms with Crippen LogP contribution >= 0.6 is 43.2 Å². The molecule has 0 saturated carbocycles. The third-order valence-electron chi connectivity index (χ3n) is 5.75. The fraction of sp³-hybridized carbons (Fsp3) is 0.276. The van der Waals surface area contributed by atoms with E-state index in [1.54, 1.807) is 30.6 Å². The molecule has 0 fully saturated rings. The summed E-state index contributed by atoms with van der Waals surface area (Å²) < 4.78 is 20.4. The van der Waals surface area contributed by atoms with E-state index >= 15 is 0 Å². The number of hydrogen-bond acceptors (Lipinski definition) is 7. The van der Waals surface area contributed by atoms with Gasteiger partial charge in [-0.2, -0.15) is 0 Å². The Balaban J connectivity index is 1.86. The first-order valence-corrected chi connectivity index (χ1v) is 14.7. The maximum absolute atomic E-state index is 13.8. The van der Waals surface area contributed by atoms with Crippen LogP contribution in [0.2, 0.25) is 0 Å². The number of nitrogens with zero attached hydrogens (tertiary/aromatic N) is 2. The van der Waals surface area contributed by atoms with E-state index < -0.39 is 12.0 Å². The molecule has 0 bridgehead atoms. The molecule has 7 nitrogen and oxygen atoms in total. The second-order valence-electron chi connectivity index (χ2n) is 8.95. The fourth-order valence-corrected chi connectivity index (χ4v) is 6.70. The van der Waals surface area contributed by atoms with Gasteiger partial charge in [-0.15, -0.1) is 0 Å². The molecule has 0 radical (unpaired) electrons. The molecule has 1 aliphatic heterocycles. The number of hydrogen-bond donors (Lipinski definition) is 0. The smallest absolute Gasteiger partial charge is 0.338 e. The lowest BCUT2D eigenvalue weighted by Crippen LogP contribution is -2.39. The lowest BCUT2D eigenvalue weighted by molar-refractivity contribution is -0.139. The molecule has 0 saturated heterocycles. The maximum Gasteiger partial charge on any atom is 0.338 e. The van der Waals surface area contributed by atoms with Crippen LogP contribution in [-0.2, 0) is 9.53 Å². The van der Waals surface area contributed by atoms with Gasteiger partial charge in [0.15, 0.2) is 4.80 Å². The molecule has 3 aromatic rings. The predicted octanol–water partition coefficient (Wildman–Crippen LogP) is 5.68. The Bertz CT molecular complexity index is 1600. The minimum atomic E-state index is -0.691. The van der Waals surface area contributed by atoms with Crippen LogP contribution in [0, 0.1) is 0 Å². The standard InChI is InChI=1S/C29H28Br2N2O5S/c1-6-12-37-26-21(30)13-18(14-22(26)31)15-23-27(34)33-25(19-8-10-20(11-9-19)38-16(3)4)24(28(35)36-7-2)17(5)32-29(33)39-23/h6,8-11,13-16,25H,1,7,12H2,2-5H3/b23-15-/t25-/m1/s1. The van der Waals surface area contributed by atoms with E-state index in [9.17, 15) is 9.59 Å². The second kappa shape index (κ2) is 12.5. The first-order valence-electron chi connectivity index (χ1n) is 12.3. The molecule has 0 amide bonds. The van der Waals surface area contributed by atoms with Gasteiger partial charge in [-0.25, -0.2) is 9.79 Å². The summed E-state index contributed by atoms with van der Waals surface area (Å²) in [5.41, 5.74) is 2.15. The summed E-state index contributed by atoms with van der Waals surface area (Å²) in [5.74, 6) is 0.854. The van der Waals surface area contributed by atoms with E-state index in [1.165, 1.54) is 11.3 Å². The zero-order valence-corrected chi connectivity index (χ0v) is 26.0. The molecule has 1 aromatic heterocycles. The summed E-state index contributed by atoms with van der Waals surface area (Å²) >= 11 is 8.37. The highest BCUT2D eigenvalue weighted by atomic mass is 79.9. The van der Waals surface area contributed by atoms with Crippen LogP contribution in [0.25, 0.3) is 6.08 Å². The molecule has 1 atom stereocenters. The molecule has 0 aliphatic carbocycles. The van der Waals surface area contributed by atoms with E-state index in [2.05, 4.69) is 43.4 Å². The molecule has 39 heavy (non-hydrogen) atoms. The Labute approximate surface area is 247 Å². The van der Waals surface area contributed by atoms with E-state index in [1.807, 2.05) is 50.2 Å². The number of carbonyl (C=O) groups excluding carboxylic acids is 1. The highest BCUT2D eigenvalue weighted by Crippen LogP contribution is 2.35. The van der Waals surface area contributed by atoms with Crippen molar-refractivity contribution in [1.82, 2.24) is 4.57 Å². The van der Waals surface area contributed by atoms with Crippen LogP contribution in [0.3, 0.4) is 0 Å². The monoisotopic (exact) mass is 674 g/mol. The second-order valence-corrected chi connectivity index (χ2v) is 11.7. The van der Waals surface area contributed by atoms with Crippen molar-refractivity contribution < 1.29 is 19.0 Å². The highest BCUT2D eigenvalue weighted by molar-refractivity contribution is 9.11. The maximum atomic E-state index is 13.8. The van der Waals surface area contributed by atoms with Crippen molar-refractivity contribution in [3.05, 3.63) is 100 Å². The molecule has 204 valence electrons. The van der Waals surface area contributed by atoms with Crippen molar-refractivity contribution in [1.29, 1.82) is 0 Å². The van der Waals surface area contributed by atoms with Crippen molar-refractivity contribution in [2.45, 2.75) is 39.8 Å². The van der Waals surface area contributed by atoms with Gasteiger partial charge < -0.3 is 14.2 Å². The lowest BCUT2D eigenvalue weighted by atomic mass is 9.96. The van der Waals surface area contributed by atoms with Crippen molar-refractivity contribution in [3.63, 3.8) is 0 Å². The van der Waals surface area contributed by atoms with Crippen LogP contribution in [0.15, 0.2) is 79.1 Å². The quantitative estimate of drug-likeness (QED) is 0.216. The number of esters is 1. The van der Waals surface area contributed by atoms with E-state index in [0.29, 0.717) is 38.7 Å². The van der Waals surface area contributed by atoms with Crippen LogP contribution in [-0.4, -0.2) is 29.9 Å². The van der Waals surface area contributed by atoms with E-state index in [0.717, 1.165) is 20.1 Å². The highest BCUT2D eigenvalue weighted by Gasteiger charge is 2.33. The SMILES string of the molecule is C=CCOc1c(Br)cc(/C=c2\sc3n(c2=O)[C@H](c2ccc(OC(C)C)cc2)C(C(=O)OCC)=C(C)N=3)cc1Br. The Morgan fingerprint density at radius 2 is 1.87 bits per heavy atom. The van der Waals surface area contributed by atoms with Gasteiger partial charge in [-0.05, 0) is 101 Å². The topological polar surface area (TPSA) is 79.1 Å². The number of halogens is 2. The fourth-order valence-electron chi connectivity index (χ4n) is 4.20. The van der Waals surface area contributed by atoms with Crippen molar-refractivity contribution in [2.24, 2.45) is 4.99 Å². The van der Waals surface area contributed by atoms with Gasteiger partial charge in [0.1, 0.15) is 18.1 Å². The Morgan fingerprint density at radius 3 is 2.46 bits per heavy atom. The molecule has 10 heteroatoms. The van der Waals surface area contributed by atoms with E-state index in [4.69, 9.17) is 14.2 Å². The summed E-state index contributed by atoms with van der Waals surface area (Å²) in [6.45, 7) is 11.7. The summed E-state index contributed by atoms with van der Waals surface area (Å²) in [5, 5.41) is 0. The lowest BCUT2D eigenvalue weighted by Gasteiger charge is -2.25. The minimum absolute atomic E-state index is 0.0217. The number of carbonyl (C=O) groups is 1. The van der Waals surface area contributed by atoms with Gasteiger partial charge in [0, 0.05) is 0 Å². The summed E-state index contributed by atoms with van der Waals surface area (Å²) in [6.07, 6.45) is 3.49. The van der Waals surface area contributed by atoms with Crippen molar-refractivity contribution in [3.8, 4) is 11.5 Å². The normalized spacial score (nSPS) is 15.2. The molecule has 0 spiro atoms.